The summed E-state index contributed by atoms with van der Waals surface area (Å²) in [5, 5.41) is 18.6. The lowest BCUT2D eigenvalue weighted by Crippen LogP contribution is -2.34. The van der Waals surface area contributed by atoms with E-state index < -0.39 is 17.6 Å². The third-order valence-corrected chi connectivity index (χ3v) is 3.40. The number of hydrogen-bond donors (Lipinski definition) is 3. The zero-order valence-electron chi connectivity index (χ0n) is 11.7. The zero-order chi connectivity index (χ0) is 15.9. The molecule has 1 aliphatic rings. The molecule has 2 aromatic rings. The molecule has 1 aromatic carbocycles. The number of hydrogen-bond acceptors (Lipinski definition) is 5. The van der Waals surface area contributed by atoms with Gasteiger partial charge < -0.3 is 10.4 Å². The van der Waals surface area contributed by atoms with Crippen LogP contribution in [-0.4, -0.2) is 45.2 Å². The molecule has 1 aromatic heterocycles. The monoisotopic (exact) mass is 304 g/mol. The van der Waals surface area contributed by atoms with Crippen LogP contribution < -0.4 is 5.32 Å². The van der Waals surface area contributed by atoms with Gasteiger partial charge in [-0.05, 0) is 19.1 Å². The summed E-state index contributed by atoms with van der Waals surface area (Å²) < 4.78 is 14.1. The molecule has 0 atom stereocenters. The number of carbonyl (C=O) groups is 2. The van der Waals surface area contributed by atoms with Crippen LogP contribution in [0.25, 0.3) is 10.9 Å². The number of benzene rings is 1. The molecule has 0 unspecified atom stereocenters. The Bertz CT molecular complexity index is 812. The number of aromatic nitrogens is 2. The smallest absolute Gasteiger partial charge is 0.277 e. The first-order valence-corrected chi connectivity index (χ1v) is 6.61. The first kappa shape index (κ1) is 14.2. The van der Waals surface area contributed by atoms with Crippen LogP contribution >= 0.6 is 0 Å². The average Bonchev–Trinajstić information content (AvgIpc) is 2.95. The van der Waals surface area contributed by atoms with Gasteiger partial charge in [-0.3, -0.25) is 19.6 Å². The van der Waals surface area contributed by atoms with Crippen molar-refractivity contribution < 1.29 is 19.1 Å². The SMILES string of the molecule is Cc1[nH]nc2cc(NC3=CC(=O)N(CCO)C3=O)cc(F)c12. The lowest BCUT2D eigenvalue weighted by molar-refractivity contribution is -0.137. The normalized spacial score (nSPS) is 14.9. The number of amides is 2. The molecule has 114 valence electrons. The Kier molecular flexibility index (Phi) is 3.38. The fraction of sp³-hybridized carbons (Fsp3) is 0.214. The Morgan fingerprint density at radius 2 is 2.18 bits per heavy atom. The number of aromatic amines is 1. The van der Waals surface area contributed by atoms with E-state index >= 15 is 0 Å². The van der Waals surface area contributed by atoms with Crippen LogP contribution in [0, 0.1) is 12.7 Å². The Morgan fingerprint density at radius 1 is 1.41 bits per heavy atom. The third kappa shape index (κ3) is 2.23. The van der Waals surface area contributed by atoms with Crippen molar-refractivity contribution in [3.63, 3.8) is 0 Å². The van der Waals surface area contributed by atoms with E-state index in [9.17, 15) is 14.0 Å². The van der Waals surface area contributed by atoms with Gasteiger partial charge >= 0.3 is 0 Å². The lowest BCUT2D eigenvalue weighted by atomic mass is 10.2. The second-order valence-electron chi connectivity index (χ2n) is 4.90. The number of fused-ring (bicyclic) bond motifs is 1. The van der Waals surface area contributed by atoms with E-state index in [0.29, 0.717) is 22.3 Å². The summed E-state index contributed by atoms with van der Waals surface area (Å²) in [6.07, 6.45) is 1.12. The summed E-state index contributed by atoms with van der Waals surface area (Å²) in [4.78, 5) is 24.6. The highest BCUT2D eigenvalue weighted by molar-refractivity contribution is 6.17. The van der Waals surface area contributed by atoms with Crippen LogP contribution in [0.5, 0.6) is 0 Å². The fourth-order valence-electron chi connectivity index (χ4n) is 2.39. The number of nitrogens with one attached hydrogen (secondary N) is 2. The lowest BCUT2D eigenvalue weighted by Gasteiger charge is -2.13. The molecule has 0 fully saturated rings. The quantitative estimate of drug-likeness (QED) is 0.721. The second-order valence-corrected chi connectivity index (χ2v) is 4.90. The molecular weight excluding hydrogens is 291 g/mol. The molecule has 3 N–H and O–H groups in total. The summed E-state index contributed by atoms with van der Waals surface area (Å²) in [5.74, 6) is -1.55. The molecule has 0 radical (unpaired) electrons. The number of nitrogens with zero attached hydrogens (tertiary/aromatic N) is 2. The maximum atomic E-state index is 14.1. The predicted molar refractivity (Wildman–Crippen MR) is 76.3 cm³/mol. The van der Waals surface area contributed by atoms with Crippen LogP contribution in [0.2, 0.25) is 0 Å². The topological polar surface area (TPSA) is 98.3 Å². The minimum Gasteiger partial charge on any atom is -0.395 e. The Morgan fingerprint density at radius 3 is 2.91 bits per heavy atom. The van der Waals surface area contributed by atoms with Crippen LogP contribution in [0.3, 0.4) is 0 Å². The highest BCUT2D eigenvalue weighted by Gasteiger charge is 2.30. The molecule has 0 saturated carbocycles. The number of anilines is 1. The Labute approximate surface area is 124 Å². The number of H-pyrrole nitrogens is 1. The van der Waals surface area contributed by atoms with Gasteiger partial charge in [-0.15, -0.1) is 0 Å². The molecule has 1 aliphatic heterocycles. The molecule has 0 spiro atoms. The first-order chi connectivity index (χ1) is 10.5. The second kappa shape index (κ2) is 5.23. The summed E-state index contributed by atoms with van der Waals surface area (Å²) in [6, 6.07) is 2.81. The van der Waals surface area contributed by atoms with Gasteiger partial charge in [0.15, 0.2) is 0 Å². The Hall–Kier alpha value is -2.74. The number of β-amino-alcohol motifs (C(OH)–C–C–N with tert-alkyl or cyclic N) is 1. The number of aliphatic hydroxyl groups is 1. The van der Waals surface area contributed by atoms with Crippen molar-refractivity contribution in [2.24, 2.45) is 0 Å². The largest absolute Gasteiger partial charge is 0.395 e. The van der Waals surface area contributed by atoms with Crippen LogP contribution in [-0.2, 0) is 9.59 Å². The van der Waals surface area contributed by atoms with Gasteiger partial charge in [-0.2, -0.15) is 5.10 Å². The van der Waals surface area contributed by atoms with E-state index in [-0.39, 0.29) is 18.8 Å². The molecule has 7 nitrogen and oxygen atoms in total. The molecule has 8 heteroatoms. The van der Waals surface area contributed by atoms with Crippen LogP contribution in [0.4, 0.5) is 10.1 Å². The van der Waals surface area contributed by atoms with Crippen molar-refractivity contribution in [1.29, 1.82) is 0 Å². The summed E-state index contributed by atoms with van der Waals surface area (Å²) in [6.45, 7) is 1.32. The maximum Gasteiger partial charge on any atom is 0.277 e. The molecular formula is C14H13FN4O3. The molecule has 0 aliphatic carbocycles. The highest BCUT2D eigenvalue weighted by atomic mass is 19.1. The maximum absolute atomic E-state index is 14.1. The van der Waals surface area contributed by atoms with Crippen LogP contribution in [0.15, 0.2) is 23.9 Å². The van der Waals surface area contributed by atoms with Gasteiger partial charge in [0.1, 0.15) is 11.5 Å². The van der Waals surface area contributed by atoms with E-state index in [4.69, 9.17) is 5.11 Å². The van der Waals surface area contributed by atoms with Crippen molar-refractivity contribution in [2.45, 2.75) is 6.92 Å². The van der Waals surface area contributed by atoms with Gasteiger partial charge in [-0.1, -0.05) is 0 Å². The molecule has 0 saturated heterocycles. The van der Waals surface area contributed by atoms with Gasteiger partial charge in [0, 0.05) is 17.5 Å². The standard InChI is InChI=1S/C14H13FN4O3/c1-7-13-9(15)4-8(5-10(13)18-17-7)16-11-6-12(21)19(2-3-20)14(11)22/h4-6,16,20H,2-3H2,1H3,(H,17,18). The van der Waals surface area contributed by atoms with E-state index in [1.807, 2.05) is 0 Å². The van der Waals surface area contributed by atoms with E-state index in [2.05, 4.69) is 15.5 Å². The predicted octanol–water partition coefficient (Wildman–Crippen LogP) is 0.667. The average molecular weight is 304 g/mol. The number of aliphatic hydroxyl groups excluding tert-OH is 1. The number of halogens is 1. The molecule has 3 rings (SSSR count). The minimum atomic E-state index is -0.558. The van der Waals surface area contributed by atoms with Crippen LogP contribution in [0.1, 0.15) is 5.69 Å². The number of rotatable bonds is 4. The fourth-order valence-corrected chi connectivity index (χ4v) is 2.39. The van der Waals surface area contributed by atoms with E-state index in [0.717, 1.165) is 11.0 Å². The molecule has 2 amide bonds. The van der Waals surface area contributed by atoms with Gasteiger partial charge in [0.25, 0.3) is 11.8 Å². The van der Waals surface area contributed by atoms with Crippen molar-refractivity contribution in [2.75, 3.05) is 18.5 Å². The highest BCUT2D eigenvalue weighted by Crippen LogP contribution is 2.25. The summed E-state index contributed by atoms with van der Waals surface area (Å²) in [5.41, 5.74) is 1.38. The van der Waals surface area contributed by atoms with E-state index in [1.54, 1.807) is 13.0 Å². The number of aryl methyl sites for hydroxylation is 1. The molecule has 2 heterocycles. The molecule has 22 heavy (non-hydrogen) atoms. The summed E-state index contributed by atoms with van der Waals surface area (Å²) in [7, 11) is 0. The zero-order valence-corrected chi connectivity index (χ0v) is 11.7. The van der Waals surface area contributed by atoms with Gasteiger partial charge in [0.2, 0.25) is 0 Å². The number of carbonyl (C=O) groups excluding carboxylic acids is 2. The van der Waals surface area contributed by atoms with Crippen molar-refractivity contribution in [3.8, 4) is 0 Å². The summed E-state index contributed by atoms with van der Waals surface area (Å²) >= 11 is 0. The Balaban J connectivity index is 1.89. The van der Waals surface area contributed by atoms with E-state index in [1.165, 1.54) is 6.07 Å². The number of imide groups is 1. The van der Waals surface area contributed by atoms with Crippen molar-refractivity contribution in [3.05, 3.63) is 35.4 Å². The van der Waals surface area contributed by atoms with Gasteiger partial charge in [0.05, 0.1) is 24.1 Å². The van der Waals surface area contributed by atoms with Crippen molar-refractivity contribution >= 4 is 28.4 Å². The molecule has 0 bridgehead atoms. The van der Waals surface area contributed by atoms with Crippen molar-refractivity contribution in [1.82, 2.24) is 15.1 Å². The van der Waals surface area contributed by atoms with Gasteiger partial charge in [-0.25, -0.2) is 4.39 Å². The first-order valence-electron chi connectivity index (χ1n) is 6.61. The third-order valence-electron chi connectivity index (χ3n) is 3.40. The minimum absolute atomic E-state index is 0.0319.